The SMILES string of the molecule is C[C@H](NC(=O)CCCCl)C1CCCCCC1. The largest absolute Gasteiger partial charge is 0.353 e. The predicted octanol–water partition coefficient (Wildman–Crippen LogP) is 3.48. The number of hydrogen-bond donors (Lipinski definition) is 1. The van der Waals surface area contributed by atoms with Crippen molar-refractivity contribution < 1.29 is 4.79 Å². The normalized spacial score (nSPS) is 20.1. The molecule has 94 valence electrons. The molecule has 0 saturated heterocycles. The summed E-state index contributed by atoms with van der Waals surface area (Å²) >= 11 is 5.57. The molecule has 1 aliphatic carbocycles. The number of carbonyl (C=O) groups excluding carboxylic acids is 1. The smallest absolute Gasteiger partial charge is 0.220 e. The zero-order valence-corrected chi connectivity index (χ0v) is 11.1. The van der Waals surface area contributed by atoms with Crippen molar-refractivity contribution in [3.63, 3.8) is 0 Å². The van der Waals surface area contributed by atoms with Gasteiger partial charge in [0.1, 0.15) is 0 Å². The second kappa shape index (κ2) is 7.94. The highest BCUT2D eigenvalue weighted by atomic mass is 35.5. The van der Waals surface area contributed by atoms with Crippen LogP contribution in [0.25, 0.3) is 0 Å². The maximum Gasteiger partial charge on any atom is 0.220 e. The summed E-state index contributed by atoms with van der Waals surface area (Å²) in [6.07, 6.45) is 9.28. The second-order valence-electron chi connectivity index (χ2n) is 4.90. The van der Waals surface area contributed by atoms with E-state index in [1.165, 1.54) is 38.5 Å². The molecule has 0 spiro atoms. The summed E-state index contributed by atoms with van der Waals surface area (Å²) in [5.74, 6) is 1.42. The first-order valence-electron chi connectivity index (χ1n) is 6.59. The van der Waals surface area contributed by atoms with Gasteiger partial charge in [0.15, 0.2) is 0 Å². The van der Waals surface area contributed by atoms with Crippen LogP contribution in [0, 0.1) is 5.92 Å². The zero-order chi connectivity index (χ0) is 11.8. The molecule has 0 unspecified atom stereocenters. The molecular weight excluding hydrogens is 222 g/mol. The van der Waals surface area contributed by atoms with Gasteiger partial charge in [-0.2, -0.15) is 0 Å². The summed E-state index contributed by atoms with van der Waals surface area (Å²) in [7, 11) is 0. The first kappa shape index (κ1) is 13.8. The second-order valence-corrected chi connectivity index (χ2v) is 5.28. The van der Waals surface area contributed by atoms with Gasteiger partial charge in [0.05, 0.1) is 0 Å². The van der Waals surface area contributed by atoms with Crippen molar-refractivity contribution in [3.8, 4) is 0 Å². The zero-order valence-electron chi connectivity index (χ0n) is 10.3. The molecule has 1 amide bonds. The van der Waals surface area contributed by atoms with Gasteiger partial charge in [0.25, 0.3) is 0 Å². The van der Waals surface area contributed by atoms with Crippen LogP contribution in [0.1, 0.15) is 58.3 Å². The molecule has 1 saturated carbocycles. The van der Waals surface area contributed by atoms with Crippen molar-refractivity contribution in [2.45, 2.75) is 64.3 Å². The highest BCUT2D eigenvalue weighted by Crippen LogP contribution is 2.25. The topological polar surface area (TPSA) is 29.1 Å². The van der Waals surface area contributed by atoms with Crippen LogP contribution < -0.4 is 5.32 Å². The summed E-state index contributed by atoms with van der Waals surface area (Å²) < 4.78 is 0. The molecule has 0 aliphatic heterocycles. The molecule has 3 heteroatoms. The van der Waals surface area contributed by atoms with E-state index in [4.69, 9.17) is 11.6 Å². The Morgan fingerprint density at radius 1 is 1.31 bits per heavy atom. The molecule has 1 rings (SSSR count). The highest BCUT2D eigenvalue weighted by molar-refractivity contribution is 6.17. The standard InChI is InChI=1S/C13H24ClNO/c1-11(15-13(16)9-6-10-14)12-7-4-2-3-5-8-12/h11-12H,2-10H2,1H3,(H,15,16)/t11-/m0/s1. The fraction of sp³-hybridized carbons (Fsp3) is 0.923. The molecule has 2 nitrogen and oxygen atoms in total. The van der Waals surface area contributed by atoms with E-state index < -0.39 is 0 Å². The molecular formula is C13H24ClNO. The van der Waals surface area contributed by atoms with Crippen LogP contribution in [0.4, 0.5) is 0 Å². The molecule has 0 heterocycles. The van der Waals surface area contributed by atoms with Crippen LogP contribution in [-0.4, -0.2) is 17.8 Å². The Morgan fingerprint density at radius 3 is 2.50 bits per heavy atom. The van der Waals surface area contributed by atoms with Crippen LogP contribution in [0.3, 0.4) is 0 Å². The van der Waals surface area contributed by atoms with E-state index in [1.807, 2.05) is 0 Å². The number of carbonyl (C=O) groups is 1. The van der Waals surface area contributed by atoms with E-state index in [0.29, 0.717) is 24.3 Å². The van der Waals surface area contributed by atoms with Gasteiger partial charge in [-0.1, -0.05) is 25.7 Å². The molecule has 0 bridgehead atoms. The minimum absolute atomic E-state index is 0.164. The first-order valence-corrected chi connectivity index (χ1v) is 7.13. The van der Waals surface area contributed by atoms with E-state index in [0.717, 1.165) is 6.42 Å². The Balaban J connectivity index is 2.26. The molecule has 1 aliphatic rings. The van der Waals surface area contributed by atoms with E-state index in [-0.39, 0.29) is 5.91 Å². The van der Waals surface area contributed by atoms with Gasteiger partial charge in [0, 0.05) is 18.3 Å². The third-order valence-corrected chi connectivity index (χ3v) is 3.80. The van der Waals surface area contributed by atoms with Crippen LogP contribution >= 0.6 is 11.6 Å². The Morgan fingerprint density at radius 2 is 1.94 bits per heavy atom. The fourth-order valence-electron chi connectivity index (χ4n) is 2.48. The highest BCUT2D eigenvalue weighted by Gasteiger charge is 2.20. The minimum atomic E-state index is 0.164. The van der Waals surface area contributed by atoms with Gasteiger partial charge >= 0.3 is 0 Å². The molecule has 1 N–H and O–H groups in total. The van der Waals surface area contributed by atoms with Gasteiger partial charge in [-0.25, -0.2) is 0 Å². The van der Waals surface area contributed by atoms with Crippen molar-refractivity contribution in [1.29, 1.82) is 0 Å². The Labute approximate surface area is 104 Å². The third kappa shape index (κ3) is 5.20. The van der Waals surface area contributed by atoms with Gasteiger partial charge in [-0.3, -0.25) is 4.79 Å². The molecule has 0 aromatic rings. The van der Waals surface area contributed by atoms with Crippen molar-refractivity contribution in [1.82, 2.24) is 5.32 Å². The van der Waals surface area contributed by atoms with E-state index in [2.05, 4.69) is 12.2 Å². The maximum absolute atomic E-state index is 11.6. The number of rotatable bonds is 5. The van der Waals surface area contributed by atoms with E-state index in [9.17, 15) is 4.79 Å². The molecule has 16 heavy (non-hydrogen) atoms. The molecule has 1 atom stereocenters. The van der Waals surface area contributed by atoms with Crippen molar-refractivity contribution >= 4 is 17.5 Å². The lowest BCUT2D eigenvalue weighted by molar-refractivity contribution is -0.122. The van der Waals surface area contributed by atoms with Crippen molar-refractivity contribution in [3.05, 3.63) is 0 Å². The third-order valence-electron chi connectivity index (χ3n) is 3.53. The number of halogens is 1. The van der Waals surface area contributed by atoms with Crippen molar-refractivity contribution in [2.24, 2.45) is 5.92 Å². The summed E-state index contributed by atoms with van der Waals surface area (Å²) in [5, 5.41) is 3.11. The summed E-state index contributed by atoms with van der Waals surface area (Å²) in [6, 6.07) is 0.334. The minimum Gasteiger partial charge on any atom is -0.353 e. The van der Waals surface area contributed by atoms with E-state index in [1.54, 1.807) is 0 Å². The lowest BCUT2D eigenvalue weighted by Gasteiger charge is -2.23. The van der Waals surface area contributed by atoms with Crippen LogP contribution in [0.2, 0.25) is 0 Å². The van der Waals surface area contributed by atoms with Crippen molar-refractivity contribution in [2.75, 3.05) is 5.88 Å². The molecule has 1 fully saturated rings. The quantitative estimate of drug-likeness (QED) is 0.583. The van der Waals surface area contributed by atoms with Gasteiger partial charge in [0.2, 0.25) is 5.91 Å². The lowest BCUT2D eigenvalue weighted by atomic mass is 9.93. The molecule has 0 radical (unpaired) electrons. The Kier molecular flexibility index (Phi) is 6.86. The summed E-state index contributed by atoms with van der Waals surface area (Å²) in [4.78, 5) is 11.6. The first-order chi connectivity index (χ1) is 7.74. The summed E-state index contributed by atoms with van der Waals surface area (Å²) in [6.45, 7) is 2.15. The average molecular weight is 246 g/mol. The van der Waals surface area contributed by atoms with Gasteiger partial charge in [-0.05, 0) is 32.1 Å². The Bertz CT molecular complexity index is 200. The number of amides is 1. The van der Waals surface area contributed by atoms with E-state index >= 15 is 0 Å². The van der Waals surface area contributed by atoms with Crippen LogP contribution in [0.5, 0.6) is 0 Å². The Hall–Kier alpha value is -0.240. The number of nitrogens with one attached hydrogen (secondary N) is 1. The fourth-order valence-corrected chi connectivity index (χ4v) is 2.62. The van der Waals surface area contributed by atoms with Gasteiger partial charge in [-0.15, -0.1) is 11.6 Å². The number of alkyl halides is 1. The predicted molar refractivity (Wildman–Crippen MR) is 68.8 cm³/mol. The van der Waals surface area contributed by atoms with Crippen LogP contribution in [0.15, 0.2) is 0 Å². The maximum atomic E-state index is 11.6. The average Bonchev–Trinajstić information content (AvgIpc) is 2.54. The van der Waals surface area contributed by atoms with Crippen LogP contribution in [-0.2, 0) is 4.79 Å². The monoisotopic (exact) mass is 245 g/mol. The molecule has 0 aromatic heterocycles. The number of hydrogen-bond acceptors (Lipinski definition) is 1. The summed E-state index contributed by atoms with van der Waals surface area (Å²) in [5.41, 5.74) is 0. The van der Waals surface area contributed by atoms with Gasteiger partial charge < -0.3 is 5.32 Å². The molecule has 0 aromatic carbocycles. The lowest BCUT2D eigenvalue weighted by Crippen LogP contribution is -2.37.